The fraction of sp³-hybridized carbons (Fsp3) is 0.708. The molecule has 1 aliphatic rings. The van der Waals surface area contributed by atoms with E-state index in [0.29, 0.717) is 83.1 Å². The summed E-state index contributed by atoms with van der Waals surface area (Å²) in [5, 5.41) is 35.0. The van der Waals surface area contributed by atoms with Crippen LogP contribution in [0.15, 0.2) is 29.6 Å². The van der Waals surface area contributed by atoms with Gasteiger partial charge in [-0.05, 0) is 104 Å². The number of aromatic nitrogens is 1. The Labute approximate surface area is 632 Å². The van der Waals surface area contributed by atoms with Gasteiger partial charge < -0.3 is 81.1 Å². The second kappa shape index (κ2) is 50.5. The van der Waals surface area contributed by atoms with Crippen molar-refractivity contribution >= 4 is 106 Å². The van der Waals surface area contributed by atoms with Gasteiger partial charge in [0.25, 0.3) is 5.91 Å². The Morgan fingerprint density at radius 2 is 1.28 bits per heavy atom. The molecule has 0 aliphatic carbocycles. The molecule has 2 aromatic rings. The van der Waals surface area contributed by atoms with Gasteiger partial charge in [-0.3, -0.25) is 62.4 Å². The van der Waals surface area contributed by atoms with Crippen molar-refractivity contribution in [1.82, 2.24) is 62.2 Å². The number of aliphatic carboxylic acids is 1. The number of nitrogens with one attached hydrogen (secondary N) is 8. The second-order valence-electron chi connectivity index (χ2n) is 27.2. The third-order valence-electron chi connectivity index (χ3n) is 17.9. The summed E-state index contributed by atoms with van der Waals surface area (Å²) in [6.45, 7) is 16.4. The van der Waals surface area contributed by atoms with E-state index >= 15 is 9.59 Å². The third-order valence-corrected chi connectivity index (χ3v) is 21.1. The predicted molar refractivity (Wildman–Crippen MR) is 403 cm³/mol. The highest BCUT2D eigenvalue weighted by atomic mass is 32.2. The molecule has 592 valence electrons. The van der Waals surface area contributed by atoms with Crippen LogP contribution in [0.1, 0.15) is 159 Å². The van der Waals surface area contributed by atoms with Crippen molar-refractivity contribution in [2.45, 2.75) is 181 Å². The fourth-order valence-corrected chi connectivity index (χ4v) is 13.4. The molecule has 0 bridgehead atoms. The highest BCUT2D eigenvalue weighted by Gasteiger charge is 2.42. The van der Waals surface area contributed by atoms with Gasteiger partial charge in [-0.15, -0.1) is 34.9 Å². The first-order valence-corrected chi connectivity index (χ1v) is 39.4. The molecule has 0 spiro atoms. The summed E-state index contributed by atoms with van der Waals surface area (Å²) in [5.74, 6) is -8.68. The van der Waals surface area contributed by atoms with Crippen LogP contribution in [-0.4, -0.2) is 262 Å². The average molecular weight is 1540 g/mol. The summed E-state index contributed by atoms with van der Waals surface area (Å²) < 4.78 is 26.8. The smallest absolute Gasteiger partial charge is 0.306 e. The number of amides is 10. The monoisotopic (exact) mass is 1530 g/mol. The number of likely N-dealkylation sites (N-methyl/N-ethyl adjacent to an activating group) is 1. The molecule has 1 aromatic heterocycles. The number of rotatable bonds is 43. The van der Waals surface area contributed by atoms with E-state index in [0.717, 1.165) is 22.5 Å². The number of ether oxygens (including phenoxy) is 5. The number of carbonyl (C=O) groups is 12. The molecule has 4 unspecified atom stereocenters. The summed E-state index contributed by atoms with van der Waals surface area (Å²) >= 11 is 3.47. The van der Waals surface area contributed by atoms with E-state index in [1.54, 1.807) is 60.9 Å². The van der Waals surface area contributed by atoms with Gasteiger partial charge >= 0.3 is 11.9 Å². The molecule has 105 heavy (non-hydrogen) atoms. The number of carboxylic acid groups (broad SMARTS) is 1. The lowest BCUT2D eigenvalue weighted by molar-refractivity contribution is -0.152. The molecule has 0 radical (unpaired) electrons. The number of hydrogen-bond donors (Lipinski definition) is 9. The highest BCUT2D eigenvalue weighted by molar-refractivity contribution is 8.16. The van der Waals surface area contributed by atoms with E-state index < -0.39 is 125 Å². The SMILES string of the molecule is CCC(C)[C@H](NC(=O)C(C)(C)N(C)C)C(=O)N(CC(=O)N1CCNC(=O)C(CCCCNC(=O)CCOCCOC)NC(=O)CSCSCC(=O)NC(CCCCNC(=O)CCOCCOC)C(=O)NCC1)[C@H](C[C@@H](OC(C)=O)c1nc(C(=O)N[C@@H](Cc2ccc(C)cc2)CC(C)C(=O)O)cs1)C(C)C. The van der Waals surface area contributed by atoms with E-state index in [1.807, 2.05) is 52.0 Å². The first kappa shape index (κ1) is 92.2. The van der Waals surface area contributed by atoms with Crippen LogP contribution in [0, 0.1) is 24.7 Å². The molecule has 3 rings (SSSR count). The van der Waals surface area contributed by atoms with Crippen LogP contribution in [0.2, 0.25) is 0 Å². The van der Waals surface area contributed by atoms with E-state index in [9.17, 15) is 53.1 Å². The van der Waals surface area contributed by atoms with Crippen LogP contribution in [0.5, 0.6) is 0 Å². The largest absolute Gasteiger partial charge is 0.481 e. The number of thioether (sulfide) groups is 2. The van der Waals surface area contributed by atoms with Gasteiger partial charge in [-0.2, -0.15) is 0 Å². The van der Waals surface area contributed by atoms with E-state index in [4.69, 9.17) is 23.7 Å². The number of unbranched alkanes of at least 4 members (excludes halogenated alkanes) is 2. The summed E-state index contributed by atoms with van der Waals surface area (Å²) in [5.41, 5.74) is 0.714. The Hall–Kier alpha value is -7.01. The van der Waals surface area contributed by atoms with E-state index in [-0.39, 0.29) is 112 Å². The van der Waals surface area contributed by atoms with E-state index in [1.165, 1.54) is 45.6 Å². The Kier molecular flexibility index (Phi) is 44.4. The Bertz CT molecular complexity index is 2980. The van der Waals surface area contributed by atoms with Crippen molar-refractivity contribution < 1.29 is 86.3 Å². The zero-order valence-corrected chi connectivity index (χ0v) is 66.2. The number of esters is 1. The molecule has 1 aliphatic heterocycles. The lowest BCUT2D eigenvalue weighted by atomic mass is 9.91. The van der Waals surface area contributed by atoms with Crippen molar-refractivity contribution in [2.24, 2.45) is 17.8 Å². The standard InChI is InChI=1S/C72H118N12O18S3/c1-14-49(5)64(81-71(97)72(8,9)82(10)11)69(94)84(57(47(2)3)41-58(102-51(7)85)68-80-56(43-105-68)67(93)77-53(39-50(6)70(95)96)40-52-23-21-48(4)22-24-52)42-63(90)83-31-29-75-65(91)54(19-15-17-27-73-59(86)25-33-100-37-35-98-12)78-61(88)44-103-46-104-45-62(89)79-55(66(92)76-30-32-83)20-16-18-28-74-60(87)26-34-101-38-36-99-13/h21-24,43,47,49-50,53-55,57-58,64H,14-20,25-42,44-46H2,1-13H3,(H,73,86)(H,74,87)(H,75,91)(H,76,92)(H,77,93)(H,78,88)(H,79,89)(H,81,97)(H,95,96)/t49?,50?,53-,54?,55?,57-,58-,64+/m1/s1. The number of hydrogen-bond acceptors (Lipinski definition) is 22. The summed E-state index contributed by atoms with van der Waals surface area (Å²) in [4.78, 5) is 175. The zero-order chi connectivity index (χ0) is 78.0. The van der Waals surface area contributed by atoms with Crippen molar-refractivity contribution in [1.29, 1.82) is 0 Å². The number of nitrogens with zero attached hydrogens (tertiary/aromatic N) is 4. The number of methoxy groups -OCH3 is 2. The molecule has 9 N–H and O–H groups in total. The molecule has 2 heterocycles. The van der Waals surface area contributed by atoms with E-state index in [2.05, 4.69) is 47.5 Å². The van der Waals surface area contributed by atoms with Crippen LogP contribution in [0.25, 0.3) is 0 Å². The topological polar surface area (TPSA) is 390 Å². The average Bonchev–Trinajstić information content (AvgIpc) is 1.71. The van der Waals surface area contributed by atoms with Gasteiger partial charge in [0.05, 0.1) is 62.6 Å². The number of thiazole rings is 1. The molecule has 33 heteroatoms. The van der Waals surface area contributed by atoms with Crippen LogP contribution in [0.3, 0.4) is 0 Å². The lowest BCUT2D eigenvalue weighted by Crippen LogP contribution is -2.61. The number of carboxylic acids is 1. The first-order chi connectivity index (χ1) is 49.9. The maximum absolute atomic E-state index is 15.9. The van der Waals surface area contributed by atoms with Crippen molar-refractivity contribution in [3.63, 3.8) is 0 Å². The van der Waals surface area contributed by atoms with Crippen LogP contribution < -0.4 is 42.5 Å². The molecule has 0 saturated carbocycles. The van der Waals surface area contributed by atoms with Gasteiger partial charge in [0.15, 0.2) is 6.10 Å². The number of aryl methyl sites for hydroxylation is 1. The van der Waals surface area contributed by atoms with Gasteiger partial charge in [-0.1, -0.05) is 70.9 Å². The predicted octanol–water partition coefficient (Wildman–Crippen LogP) is 3.77. The minimum atomic E-state index is -1.23. The minimum absolute atomic E-state index is 0.0459. The number of carbonyl (C=O) groups excluding carboxylic acids is 11. The molecular formula is C72H118N12O18S3. The second-order valence-corrected chi connectivity index (χ2v) is 30.5. The third kappa shape index (κ3) is 36.0. The molecule has 10 amide bonds. The maximum atomic E-state index is 15.9. The van der Waals surface area contributed by atoms with Crippen molar-refractivity contribution in [2.75, 3.05) is 130 Å². The van der Waals surface area contributed by atoms with Crippen molar-refractivity contribution in [3.05, 3.63) is 51.5 Å². The summed E-state index contributed by atoms with van der Waals surface area (Å²) in [6.07, 6.45) is 1.74. The lowest BCUT2D eigenvalue weighted by Gasteiger charge is -2.41. The molecule has 8 atom stereocenters. The summed E-state index contributed by atoms with van der Waals surface area (Å²) in [6, 6.07) is 2.70. The zero-order valence-electron chi connectivity index (χ0n) is 63.8. The first-order valence-electron chi connectivity index (χ1n) is 36.2. The normalized spacial score (nSPS) is 17.1. The Morgan fingerprint density at radius 1 is 0.743 bits per heavy atom. The maximum Gasteiger partial charge on any atom is 0.306 e. The van der Waals surface area contributed by atoms with Gasteiger partial charge in [0.1, 0.15) is 35.4 Å². The highest BCUT2D eigenvalue weighted by Crippen LogP contribution is 2.32. The summed E-state index contributed by atoms with van der Waals surface area (Å²) in [7, 11) is 6.55. The molecular weight excluding hydrogens is 1420 g/mol. The van der Waals surface area contributed by atoms with Crippen LogP contribution >= 0.6 is 34.9 Å². The number of benzene rings is 1. The molecule has 30 nitrogen and oxygen atoms in total. The van der Waals surface area contributed by atoms with Crippen LogP contribution in [-0.2, 0) is 82.8 Å². The Morgan fingerprint density at radius 3 is 1.75 bits per heavy atom. The quantitative estimate of drug-likeness (QED) is 0.0337. The molecule has 1 fully saturated rings. The van der Waals surface area contributed by atoms with Gasteiger partial charge in [0, 0.05) is 102 Å². The molecule has 1 saturated heterocycles. The van der Waals surface area contributed by atoms with Gasteiger partial charge in [-0.25, -0.2) is 4.98 Å². The minimum Gasteiger partial charge on any atom is -0.481 e. The fourth-order valence-electron chi connectivity index (χ4n) is 10.9. The van der Waals surface area contributed by atoms with Crippen LogP contribution in [0.4, 0.5) is 0 Å². The van der Waals surface area contributed by atoms with Crippen molar-refractivity contribution in [3.8, 4) is 0 Å². The Balaban J connectivity index is 2.15. The molecule has 1 aromatic carbocycles. The van der Waals surface area contributed by atoms with Gasteiger partial charge in [0.2, 0.25) is 53.2 Å².